The Balaban J connectivity index is 1.65. The minimum atomic E-state index is -0.380. The van der Waals surface area contributed by atoms with Crippen molar-refractivity contribution in [2.75, 3.05) is 0 Å². The quantitative estimate of drug-likeness (QED) is 0.742. The Bertz CT molecular complexity index is 946. The Hall–Kier alpha value is -3.23. The first-order valence-electron chi connectivity index (χ1n) is 8.30. The first kappa shape index (κ1) is 16.2. The van der Waals surface area contributed by atoms with E-state index in [1.54, 1.807) is 0 Å². The molecular formula is C17H19N7O2. The maximum absolute atomic E-state index is 12.9. The summed E-state index contributed by atoms with van der Waals surface area (Å²) in [7, 11) is 0. The van der Waals surface area contributed by atoms with E-state index in [1.807, 2.05) is 39.0 Å². The van der Waals surface area contributed by atoms with Crippen molar-refractivity contribution in [1.82, 2.24) is 35.7 Å². The molecule has 0 spiro atoms. The maximum atomic E-state index is 12.9. The monoisotopic (exact) mass is 353 g/mol. The van der Waals surface area contributed by atoms with Gasteiger partial charge in [0.05, 0.1) is 12.2 Å². The van der Waals surface area contributed by atoms with Crippen molar-refractivity contribution >= 4 is 5.91 Å². The molecule has 3 heterocycles. The summed E-state index contributed by atoms with van der Waals surface area (Å²) in [6.07, 6.45) is 3.53. The lowest BCUT2D eigenvalue weighted by molar-refractivity contribution is 0.0619. The van der Waals surface area contributed by atoms with E-state index < -0.39 is 0 Å². The van der Waals surface area contributed by atoms with Gasteiger partial charge in [0.2, 0.25) is 0 Å². The summed E-state index contributed by atoms with van der Waals surface area (Å²) in [4.78, 5) is 12.9. The highest BCUT2D eigenvalue weighted by molar-refractivity contribution is 5.97. The van der Waals surface area contributed by atoms with Crippen LogP contribution in [0.3, 0.4) is 0 Å². The van der Waals surface area contributed by atoms with Gasteiger partial charge < -0.3 is 10.1 Å². The van der Waals surface area contributed by atoms with E-state index in [0.717, 1.165) is 16.9 Å². The van der Waals surface area contributed by atoms with Crippen LogP contribution in [0.4, 0.5) is 0 Å². The third kappa shape index (κ3) is 2.92. The van der Waals surface area contributed by atoms with Gasteiger partial charge in [0.15, 0.2) is 5.82 Å². The van der Waals surface area contributed by atoms with Crippen LogP contribution < -0.4 is 10.1 Å². The number of fused-ring (bicyclic) bond motifs is 1. The number of ether oxygens (including phenoxy) is 1. The van der Waals surface area contributed by atoms with E-state index in [1.165, 1.54) is 17.2 Å². The number of rotatable bonds is 3. The van der Waals surface area contributed by atoms with Crippen molar-refractivity contribution in [2.45, 2.75) is 38.8 Å². The normalized spacial score (nSPS) is 18.0. The molecule has 1 aliphatic heterocycles. The predicted molar refractivity (Wildman–Crippen MR) is 92.0 cm³/mol. The van der Waals surface area contributed by atoms with Crippen molar-refractivity contribution in [3.8, 4) is 11.6 Å². The molecule has 26 heavy (non-hydrogen) atoms. The molecule has 134 valence electrons. The highest BCUT2D eigenvalue weighted by atomic mass is 16.5. The second-order valence-corrected chi connectivity index (χ2v) is 7.02. The van der Waals surface area contributed by atoms with Gasteiger partial charge in [0.1, 0.15) is 23.2 Å². The summed E-state index contributed by atoms with van der Waals surface area (Å²) in [5, 5.41) is 20.8. The summed E-state index contributed by atoms with van der Waals surface area (Å²) in [5.74, 6) is 0.965. The largest absolute Gasteiger partial charge is 0.487 e. The van der Waals surface area contributed by atoms with Crippen LogP contribution in [0.1, 0.15) is 47.8 Å². The van der Waals surface area contributed by atoms with Crippen molar-refractivity contribution < 1.29 is 9.53 Å². The van der Waals surface area contributed by atoms with Crippen LogP contribution >= 0.6 is 0 Å². The fraction of sp³-hybridized carbons (Fsp3) is 0.353. The third-order valence-electron chi connectivity index (χ3n) is 4.37. The molecule has 2 N–H and O–H groups in total. The summed E-state index contributed by atoms with van der Waals surface area (Å²) < 4.78 is 7.43. The van der Waals surface area contributed by atoms with Crippen molar-refractivity contribution in [3.63, 3.8) is 0 Å². The molecule has 1 aliphatic rings. The zero-order valence-electron chi connectivity index (χ0n) is 14.7. The van der Waals surface area contributed by atoms with Gasteiger partial charge in [-0.1, -0.05) is 17.7 Å². The summed E-state index contributed by atoms with van der Waals surface area (Å²) in [6, 6.07) is 5.84. The number of aromatic amines is 1. The molecule has 1 aromatic carbocycles. The van der Waals surface area contributed by atoms with Crippen LogP contribution in [0.15, 0.2) is 30.7 Å². The maximum Gasteiger partial charge on any atom is 0.257 e. The number of hydrogen-bond donors (Lipinski definition) is 2. The molecule has 0 aliphatic carbocycles. The van der Waals surface area contributed by atoms with E-state index in [0.29, 0.717) is 17.8 Å². The summed E-state index contributed by atoms with van der Waals surface area (Å²) in [6.45, 7) is 6.05. The lowest BCUT2D eigenvalue weighted by atomic mass is 9.89. The fourth-order valence-electron chi connectivity index (χ4n) is 3.22. The van der Waals surface area contributed by atoms with Gasteiger partial charge in [-0.3, -0.25) is 9.89 Å². The van der Waals surface area contributed by atoms with E-state index in [4.69, 9.17) is 4.74 Å². The Kier molecular flexibility index (Phi) is 3.71. The Morgan fingerprint density at radius 3 is 3.04 bits per heavy atom. The molecule has 0 unspecified atom stereocenters. The van der Waals surface area contributed by atoms with Crippen LogP contribution in [0.2, 0.25) is 0 Å². The van der Waals surface area contributed by atoms with Crippen LogP contribution in [0.25, 0.3) is 5.82 Å². The second-order valence-electron chi connectivity index (χ2n) is 7.02. The van der Waals surface area contributed by atoms with Gasteiger partial charge in [-0.25, -0.2) is 0 Å². The lowest BCUT2D eigenvalue weighted by Crippen LogP contribution is -2.41. The number of nitrogens with zero attached hydrogens (tertiary/aromatic N) is 5. The second kappa shape index (κ2) is 5.94. The highest BCUT2D eigenvalue weighted by Crippen LogP contribution is 2.40. The van der Waals surface area contributed by atoms with Gasteiger partial charge >= 0.3 is 0 Å². The summed E-state index contributed by atoms with van der Waals surface area (Å²) in [5.41, 5.74) is 2.08. The molecule has 2 aromatic heterocycles. The van der Waals surface area contributed by atoms with Crippen molar-refractivity contribution in [1.29, 1.82) is 0 Å². The third-order valence-corrected chi connectivity index (χ3v) is 4.37. The van der Waals surface area contributed by atoms with Crippen molar-refractivity contribution in [3.05, 3.63) is 47.4 Å². The molecule has 1 atom stereocenters. The fourth-order valence-corrected chi connectivity index (χ4v) is 3.22. The smallest absolute Gasteiger partial charge is 0.257 e. The molecular weight excluding hydrogens is 334 g/mol. The highest BCUT2D eigenvalue weighted by Gasteiger charge is 2.35. The molecule has 3 aromatic rings. The lowest BCUT2D eigenvalue weighted by Gasteiger charge is -2.38. The van der Waals surface area contributed by atoms with Crippen LogP contribution in [-0.4, -0.2) is 41.9 Å². The Morgan fingerprint density at radius 2 is 2.27 bits per heavy atom. The standard InChI is InChI=1S/C17H19N7O2/c1-10-4-5-14-11(6-10)13(7-17(2,3)26-14)20-16(25)12-8-18-21-15(12)24-9-19-22-23-24/h4-6,8-9,13H,7H2,1-3H3,(H,18,21)(H,20,25)/t13-/m1/s1. The molecule has 0 fully saturated rings. The topological polar surface area (TPSA) is 111 Å². The van der Waals surface area contributed by atoms with Gasteiger partial charge in [-0.05, 0) is 37.3 Å². The first-order chi connectivity index (χ1) is 12.4. The van der Waals surface area contributed by atoms with E-state index >= 15 is 0 Å². The van der Waals surface area contributed by atoms with Gasteiger partial charge in [0.25, 0.3) is 5.91 Å². The number of carbonyl (C=O) groups excluding carboxylic acids is 1. The number of H-pyrrole nitrogens is 1. The van der Waals surface area contributed by atoms with Crippen LogP contribution in [-0.2, 0) is 0 Å². The van der Waals surface area contributed by atoms with E-state index in [9.17, 15) is 4.79 Å². The number of nitrogens with one attached hydrogen (secondary N) is 2. The molecule has 9 heteroatoms. The molecule has 4 rings (SSSR count). The van der Waals surface area contributed by atoms with E-state index in [2.05, 4.69) is 31.0 Å². The first-order valence-corrected chi connectivity index (χ1v) is 8.30. The molecule has 0 saturated carbocycles. The molecule has 1 amide bonds. The number of aromatic nitrogens is 6. The Morgan fingerprint density at radius 1 is 1.42 bits per heavy atom. The molecule has 0 radical (unpaired) electrons. The van der Waals surface area contributed by atoms with Gasteiger partial charge in [-0.15, -0.1) is 5.10 Å². The average molecular weight is 353 g/mol. The van der Waals surface area contributed by atoms with Crippen LogP contribution in [0.5, 0.6) is 5.75 Å². The number of tetrazole rings is 1. The predicted octanol–water partition coefficient (Wildman–Crippen LogP) is 1.73. The number of hydrogen-bond acceptors (Lipinski definition) is 6. The number of benzene rings is 1. The zero-order chi connectivity index (χ0) is 18.3. The van der Waals surface area contributed by atoms with Gasteiger partial charge in [0, 0.05) is 12.0 Å². The van der Waals surface area contributed by atoms with Crippen LogP contribution in [0, 0.1) is 6.92 Å². The zero-order valence-corrected chi connectivity index (χ0v) is 14.7. The molecule has 9 nitrogen and oxygen atoms in total. The van der Waals surface area contributed by atoms with E-state index in [-0.39, 0.29) is 17.6 Å². The Labute approximate surface area is 149 Å². The van der Waals surface area contributed by atoms with Gasteiger partial charge in [-0.2, -0.15) is 9.78 Å². The summed E-state index contributed by atoms with van der Waals surface area (Å²) >= 11 is 0. The minimum Gasteiger partial charge on any atom is -0.487 e. The minimum absolute atomic E-state index is 0.169. The van der Waals surface area contributed by atoms with Crippen molar-refractivity contribution in [2.24, 2.45) is 0 Å². The SMILES string of the molecule is Cc1ccc2c(c1)[C@H](NC(=O)c1cn[nH]c1-n1cnnn1)CC(C)(C)O2. The number of amides is 1. The molecule has 0 saturated heterocycles. The number of aryl methyl sites for hydroxylation is 1. The average Bonchev–Trinajstić information content (AvgIpc) is 3.25. The molecule has 0 bridgehead atoms. The number of carbonyl (C=O) groups is 1.